The lowest BCUT2D eigenvalue weighted by Crippen LogP contribution is -2.28. The van der Waals surface area contributed by atoms with Crippen molar-refractivity contribution < 1.29 is 23.5 Å². The fourth-order valence-corrected chi connectivity index (χ4v) is 1.81. The molecule has 1 heterocycles. The Morgan fingerprint density at radius 1 is 1.27 bits per heavy atom. The Morgan fingerprint density at radius 3 is 2.73 bits per heavy atom. The molecule has 0 bridgehead atoms. The molecule has 7 heteroatoms. The van der Waals surface area contributed by atoms with Crippen LogP contribution in [-0.4, -0.2) is 25.5 Å². The molecule has 1 aromatic heterocycles. The summed E-state index contributed by atoms with van der Waals surface area (Å²) in [7, 11) is 1.43. The highest BCUT2D eigenvalue weighted by molar-refractivity contribution is 5.96. The van der Waals surface area contributed by atoms with Crippen LogP contribution in [0.2, 0.25) is 0 Å². The minimum absolute atomic E-state index is 0.144. The molecule has 0 atom stereocenters. The van der Waals surface area contributed by atoms with Crippen molar-refractivity contribution in [3.63, 3.8) is 0 Å². The monoisotopic (exact) mass is 304 g/mol. The van der Waals surface area contributed by atoms with Gasteiger partial charge in [0.15, 0.2) is 18.1 Å². The predicted octanol–water partition coefficient (Wildman–Crippen LogP) is 1.08. The van der Waals surface area contributed by atoms with Crippen molar-refractivity contribution in [2.75, 3.05) is 13.7 Å². The molecular formula is C15H16N2O5. The van der Waals surface area contributed by atoms with Crippen LogP contribution in [0, 0.1) is 0 Å². The maximum Gasteiger partial charge on any atom is 0.258 e. The predicted molar refractivity (Wildman–Crippen MR) is 77.6 cm³/mol. The Morgan fingerprint density at radius 2 is 2.09 bits per heavy atom. The van der Waals surface area contributed by atoms with Gasteiger partial charge in [-0.3, -0.25) is 9.59 Å². The van der Waals surface area contributed by atoms with Crippen molar-refractivity contribution in [2.45, 2.75) is 6.54 Å². The summed E-state index contributed by atoms with van der Waals surface area (Å²) in [6.45, 7) is -0.0227. The highest BCUT2D eigenvalue weighted by atomic mass is 16.5. The van der Waals surface area contributed by atoms with E-state index in [0.717, 1.165) is 0 Å². The molecule has 0 aliphatic carbocycles. The number of hydrogen-bond donors (Lipinski definition) is 2. The van der Waals surface area contributed by atoms with Gasteiger partial charge in [0.1, 0.15) is 5.76 Å². The summed E-state index contributed by atoms with van der Waals surface area (Å²) in [6, 6.07) is 8.20. The van der Waals surface area contributed by atoms with Gasteiger partial charge in [-0.15, -0.1) is 0 Å². The van der Waals surface area contributed by atoms with Crippen molar-refractivity contribution in [2.24, 2.45) is 5.73 Å². The number of primary amides is 1. The van der Waals surface area contributed by atoms with Crippen molar-refractivity contribution >= 4 is 11.8 Å². The lowest BCUT2D eigenvalue weighted by molar-refractivity contribution is -0.123. The van der Waals surface area contributed by atoms with Crippen LogP contribution >= 0.6 is 0 Å². The average molecular weight is 304 g/mol. The molecular weight excluding hydrogens is 288 g/mol. The van der Waals surface area contributed by atoms with Gasteiger partial charge in [-0.2, -0.15) is 0 Å². The Balaban J connectivity index is 1.98. The maximum absolute atomic E-state index is 11.8. The van der Waals surface area contributed by atoms with E-state index < -0.39 is 5.91 Å². The number of nitrogens with one attached hydrogen (secondary N) is 1. The summed E-state index contributed by atoms with van der Waals surface area (Å²) in [5.41, 5.74) is 5.43. The molecule has 7 nitrogen and oxygen atoms in total. The highest BCUT2D eigenvalue weighted by Crippen LogP contribution is 2.30. The molecule has 0 radical (unpaired) electrons. The van der Waals surface area contributed by atoms with Gasteiger partial charge in [-0.25, -0.2) is 0 Å². The Kier molecular flexibility index (Phi) is 5.02. The van der Waals surface area contributed by atoms with Crippen LogP contribution in [0.1, 0.15) is 16.1 Å². The quantitative estimate of drug-likeness (QED) is 0.796. The number of hydrogen-bond acceptors (Lipinski definition) is 5. The van der Waals surface area contributed by atoms with Gasteiger partial charge in [0.25, 0.3) is 11.8 Å². The SMILES string of the molecule is COc1cccc(C(N)=O)c1OCC(=O)NCc1ccco1. The van der Waals surface area contributed by atoms with Gasteiger partial charge >= 0.3 is 0 Å². The highest BCUT2D eigenvalue weighted by Gasteiger charge is 2.16. The Bertz CT molecular complexity index is 652. The van der Waals surface area contributed by atoms with Crippen LogP contribution in [0.15, 0.2) is 41.0 Å². The van der Waals surface area contributed by atoms with Crippen LogP contribution in [-0.2, 0) is 11.3 Å². The second-order valence-corrected chi connectivity index (χ2v) is 4.35. The number of para-hydroxylation sites is 1. The molecule has 0 aliphatic heterocycles. The second-order valence-electron chi connectivity index (χ2n) is 4.35. The van der Waals surface area contributed by atoms with Gasteiger partial charge in [0, 0.05) is 0 Å². The third kappa shape index (κ3) is 3.78. The topological polar surface area (TPSA) is 104 Å². The molecule has 22 heavy (non-hydrogen) atoms. The first-order chi connectivity index (χ1) is 10.6. The summed E-state index contributed by atoms with van der Waals surface area (Å²) >= 11 is 0. The zero-order valence-electron chi connectivity index (χ0n) is 12.0. The molecule has 2 aromatic rings. The Hall–Kier alpha value is -2.96. The third-order valence-corrected chi connectivity index (χ3v) is 2.85. The van der Waals surface area contributed by atoms with E-state index in [9.17, 15) is 9.59 Å². The minimum Gasteiger partial charge on any atom is -0.493 e. The van der Waals surface area contributed by atoms with Crippen molar-refractivity contribution in [1.29, 1.82) is 0 Å². The van der Waals surface area contributed by atoms with E-state index in [1.54, 1.807) is 24.3 Å². The average Bonchev–Trinajstić information content (AvgIpc) is 3.03. The molecule has 0 saturated heterocycles. The lowest BCUT2D eigenvalue weighted by atomic mass is 10.2. The zero-order valence-corrected chi connectivity index (χ0v) is 12.0. The largest absolute Gasteiger partial charge is 0.493 e. The molecule has 0 aliphatic rings. The summed E-state index contributed by atoms with van der Waals surface area (Å²) in [6.07, 6.45) is 1.52. The molecule has 116 valence electrons. The molecule has 0 spiro atoms. The number of benzene rings is 1. The van der Waals surface area contributed by atoms with Gasteiger partial charge in [0.2, 0.25) is 0 Å². The summed E-state index contributed by atoms with van der Waals surface area (Å²) in [5.74, 6) is 0.0758. The number of amides is 2. The van der Waals surface area contributed by atoms with Crippen LogP contribution in [0.5, 0.6) is 11.5 Å². The van der Waals surface area contributed by atoms with E-state index in [4.69, 9.17) is 19.6 Å². The molecule has 2 amide bonds. The minimum atomic E-state index is -0.662. The van der Waals surface area contributed by atoms with E-state index in [2.05, 4.69) is 5.32 Å². The lowest BCUT2D eigenvalue weighted by Gasteiger charge is -2.13. The van der Waals surface area contributed by atoms with Crippen LogP contribution < -0.4 is 20.5 Å². The molecule has 0 saturated carbocycles. The van der Waals surface area contributed by atoms with Gasteiger partial charge in [-0.05, 0) is 24.3 Å². The number of carbonyl (C=O) groups excluding carboxylic acids is 2. The van der Waals surface area contributed by atoms with Crippen molar-refractivity contribution in [3.05, 3.63) is 47.9 Å². The van der Waals surface area contributed by atoms with E-state index in [1.165, 1.54) is 19.4 Å². The number of carbonyl (C=O) groups is 2. The van der Waals surface area contributed by atoms with E-state index >= 15 is 0 Å². The number of rotatable bonds is 7. The number of ether oxygens (including phenoxy) is 2. The van der Waals surface area contributed by atoms with Crippen LogP contribution in [0.25, 0.3) is 0 Å². The fraction of sp³-hybridized carbons (Fsp3) is 0.200. The van der Waals surface area contributed by atoms with Gasteiger partial charge in [-0.1, -0.05) is 6.07 Å². The zero-order chi connectivity index (χ0) is 15.9. The standard InChI is InChI=1S/C15H16N2O5/c1-20-12-6-2-5-11(15(16)19)14(12)22-9-13(18)17-8-10-4-3-7-21-10/h2-7H,8-9H2,1H3,(H2,16,19)(H,17,18). The van der Waals surface area contributed by atoms with Crippen LogP contribution in [0.4, 0.5) is 0 Å². The number of nitrogens with two attached hydrogens (primary N) is 1. The second kappa shape index (κ2) is 7.16. The normalized spacial score (nSPS) is 10.0. The Labute approximate surface area is 127 Å². The van der Waals surface area contributed by atoms with E-state index in [0.29, 0.717) is 11.5 Å². The van der Waals surface area contributed by atoms with Gasteiger partial charge in [0.05, 0.1) is 25.5 Å². The number of furan rings is 1. The first-order valence-electron chi connectivity index (χ1n) is 6.50. The third-order valence-electron chi connectivity index (χ3n) is 2.85. The fourth-order valence-electron chi connectivity index (χ4n) is 1.81. The summed E-state index contributed by atoms with van der Waals surface area (Å²) < 4.78 is 15.6. The first kappa shape index (κ1) is 15.4. The molecule has 3 N–H and O–H groups in total. The van der Waals surface area contributed by atoms with Crippen molar-refractivity contribution in [3.8, 4) is 11.5 Å². The smallest absolute Gasteiger partial charge is 0.258 e. The van der Waals surface area contributed by atoms with Crippen LogP contribution in [0.3, 0.4) is 0 Å². The summed E-state index contributed by atoms with van der Waals surface area (Å²) in [5, 5.41) is 2.63. The van der Waals surface area contributed by atoms with E-state index in [1.807, 2.05) is 0 Å². The van der Waals surface area contributed by atoms with E-state index in [-0.39, 0.29) is 30.4 Å². The summed E-state index contributed by atoms with van der Waals surface area (Å²) in [4.78, 5) is 23.1. The molecule has 0 fully saturated rings. The molecule has 2 rings (SSSR count). The van der Waals surface area contributed by atoms with Gasteiger partial charge < -0.3 is 24.9 Å². The van der Waals surface area contributed by atoms with Crippen molar-refractivity contribution in [1.82, 2.24) is 5.32 Å². The first-order valence-corrected chi connectivity index (χ1v) is 6.50. The molecule has 1 aromatic carbocycles. The maximum atomic E-state index is 11.8. The number of methoxy groups -OCH3 is 1. The molecule has 0 unspecified atom stereocenters.